The summed E-state index contributed by atoms with van der Waals surface area (Å²) in [6, 6.07) is 6.53. The van der Waals surface area contributed by atoms with E-state index in [4.69, 9.17) is 0 Å². The molecule has 18 heavy (non-hydrogen) atoms. The lowest BCUT2D eigenvalue weighted by Crippen LogP contribution is -2.09. The summed E-state index contributed by atoms with van der Waals surface area (Å²) in [7, 11) is 0. The first-order valence-corrected chi connectivity index (χ1v) is 5.77. The van der Waals surface area contributed by atoms with Crippen molar-refractivity contribution >= 4 is 11.8 Å². The van der Waals surface area contributed by atoms with E-state index in [1.807, 2.05) is 30.6 Å². The summed E-state index contributed by atoms with van der Waals surface area (Å²) in [5.74, 6) is 0. The Morgan fingerprint density at radius 1 is 1.22 bits per heavy atom. The number of non-ortho nitro benzene ring substituents is 1. The third-order valence-corrected chi connectivity index (χ3v) is 2.72. The van der Waals surface area contributed by atoms with Crippen LogP contribution in [0.3, 0.4) is 0 Å². The second-order valence-electron chi connectivity index (χ2n) is 3.95. The van der Waals surface area contributed by atoms with E-state index in [-0.39, 0.29) is 5.69 Å². The van der Waals surface area contributed by atoms with Crippen LogP contribution < -0.4 is 0 Å². The summed E-state index contributed by atoms with van der Waals surface area (Å²) in [6.07, 6.45) is 10.0. The smallest absolute Gasteiger partial charge is 0.269 e. The molecule has 0 N–H and O–H groups in total. The summed E-state index contributed by atoms with van der Waals surface area (Å²) in [5, 5.41) is 10.5. The van der Waals surface area contributed by atoms with Gasteiger partial charge < -0.3 is 4.90 Å². The minimum atomic E-state index is -0.392. The Bertz CT molecular complexity index is 511. The minimum Gasteiger partial charge on any atom is -0.354 e. The predicted molar refractivity (Wildman–Crippen MR) is 71.7 cm³/mol. The Hall–Kier alpha value is -2.36. The predicted octanol–water partition coefficient (Wildman–Crippen LogP) is 3.34. The van der Waals surface area contributed by atoms with Crippen LogP contribution in [0.5, 0.6) is 0 Å². The lowest BCUT2D eigenvalue weighted by atomic mass is 10.1. The van der Waals surface area contributed by atoms with E-state index in [9.17, 15) is 10.1 Å². The highest BCUT2D eigenvalue weighted by atomic mass is 16.6. The van der Waals surface area contributed by atoms with Crippen LogP contribution in [-0.2, 0) is 0 Å². The molecule has 1 heterocycles. The molecule has 1 aromatic rings. The van der Waals surface area contributed by atoms with E-state index < -0.39 is 4.92 Å². The fourth-order valence-corrected chi connectivity index (χ4v) is 1.66. The molecule has 0 spiro atoms. The topological polar surface area (TPSA) is 46.4 Å². The average Bonchev–Trinajstić information content (AvgIpc) is 2.40. The molecule has 4 heteroatoms. The maximum Gasteiger partial charge on any atom is 0.269 e. The number of hydrogen-bond donors (Lipinski definition) is 0. The Labute approximate surface area is 106 Å². The fraction of sp³-hybridized carbons (Fsp3) is 0.143. The molecule has 2 rings (SSSR count). The molecule has 0 saturated heterocycles. The van der Waals surface area contributed by atoms with E-state index >= 15 is 0 Å². The Balaban J connectivity index is 2.14. The monoisotopic (exact) mass is 242 g/mol. The summed E-state index contributed by atoms with van der Waals surface area (Å²) in [5.41, 5.74) is 2.15. The molecule has 0 fully saturated rings. The standard InChI is InChI=1S/C14H14N2O2/c1-2-15-9-7-13(8-10-15)11-12-3-5-14(6-4-12)16(17)18/h3-11H,2H2,1H3. The number of nitro groups is 1. The molecule has 4 nitrogen and oxygen atoms in total. The number of hydrogen-bond acceptors (Lipinski definition) is 3. The van der Waals surface area contributed by atoms with Gasteiger partial charge in [-0.3, -0.25) is 10.1 Å². The van der Waals surface area contributed by atoms with Crippen LogP contribution in [-0.4, -0.2) is 16.4 Å². The largest absolute Gasteiger partial charge is 0.354 e. The highest BCUT2D eigenvalue weighted by molar-refractivity contribution is 5.61. The molecule has 92 valence electrons. The van der Waals surface area contributed by atoms with Gasteiger partial charge in [0.25, 0.3) is 5.69 Å². The molecule has 0 radical (unpaired) electrons. The van der Waals surface area contributed by atoms with Crippen LogP contribution in [0.4, 0.5) is 5.69 Å². The molecule has 1 aliphatic heterocycles. The maximum atomic E-state index is 10.5. The maximum absolute atomic E-state index is 10.5. The number of allylic oxidation sites excluding steroid dienone is 3. The molecule has 1 aliphatic rings. The lowest BCUT2D eigenvalue weighted by Gasteiger charge is -2.15. The van der Waals surface area contributed by atoms with Gasteiger partial charge in [-0.2, -0.15) is 0 Å². The van der Waals surface area contributed by atoms with Crippen molar-refractivity contribution in [3.63, 3.8) is 0 Å². The minimum absolute atomic E-state index is 0.115. The van der Waals surface area contributed by atoms with Gasteiger partial charge in [0.15, 0.2) is 0 Å². The van der Waals surface area contributed by atoms with Gasteiger partial charge in [0.2, 0.25) is 0 Å². The van der Waals surface area contributed by atoms with E-state index in [2.05, 4.69) is 11.8 Å². The quantitative estimate of drug-likeness (QED) is 0.603. The van der Waals surface area contributed by atoms with Gasteiger partial charge in [0.05, 0.1) is 4.92 Å². The first kappa shape index (κ1) is 12.1. The Kier molecular flexibility index (Phi) is 3.57. The highest BCUT2D eigenvalue weighted by Crippen LogP contribution is 2.17. The zero-order valence-electron chi connectivity index (χ0n) is 10.1. The zero-order chi connectivity index (χ0) is 13.0. The summed E-state index contributed by atoms with van der Waals surface area (Å²) >= 11 is 0. The van der Waals surface area contributed by atoms with Crippen molar-refractivity contribution in [2.75, 3.05) is 6.54 Å². The van der Waals surface area contributed by atoms with Crippen LogP contribution >= 0.6 is 0 Å². The summed E-state index contributed by atoms with van der Waals surface area (Å²) in [4.78, 5) is 12.2. The number of nitro benzene ring substituents is 1. The van der Waals surface area contributed by atoms with Crippen molar-refractivity contribution in [1.29, 1.82) is 0 Å². The van der Waals surface area contributed by atoms with Gasteiger partial charge in [0, 0.05) is 31.1 Å². The molecule has 0 atom stereocenters. The number of rotatable bonds is 3. The van der Waals surface area contributed by atoms with Crippen molar-refractivity contribution in [2.24, 2.45) is 0 Å². The highest BCUT2D eigenvalue weighted by Gasteiger charge is 2.03. The Morgan fingerprint density at radius 3 is 2.33 bits per heavy atom. The van der Waals surface area contributed by atoms with Gasteiger partial charge in [-0.1, -0.05) is 0 Å². The van der Waals surface area contributed by atoms with Crippen molar-refractivity contribution in [1.82, 2.24) is 4.90 Å². The van der Waals surface area contributed by atoms with Gasteiger partial charge >= 0.3 is 0 Å². The van der Waals surface area contributed by atoms with Crippen molar-refractivity contribution in [3.05, 3.63) is 70.1 Å². The van der Waals surface area contributed by atoms with E-state index in [1.165, 1.54) is 12.1 Å². The average molecular weight is 242 g/mol. The van der Waals surface area contributed by atoms with Crippen molar-refractivity contribution in [3.8, 4) is 0 Å². The summed E-state index contributed by atoms with van der Waals surface area (Å²) < 4.78 is 0. The van der Waals surface area contributed by atoms with Crippen LogP contribution in [0, 0.1) is 10.1 Å². The molecule has 1 aromatic carbocycles. The first-order valence-electron chi connectivity index (χ1n) is 5.77. The molecule has 0 aliphatic carbocycles. The number of benzene rings is 1. The van der Waals surface area contributed by atoms with Crippen molar-refractivity contribution in [2.45, 2.75) is 6.92 Å². The fourth-order valence-electron chi connectivity index (χ4n) is 1.66. The second-order valence-corrected chi connectivity index (χ2v) is 3.95. The molecule has 0 saturated carbocycles. The van der Waals surface area contributed by atoms with Gasteiger partial charge in [-0.05, 0) is 48.4 Å². The summed E-state index contributed by atoms with van der Waals surface area (Å²) in [6.45, 7) is 3.03. The lowest BCUT2D eigenvalue weighted by molar-refractivity contribution is -0.384. The zero-order valence-corrected chi connectivity index (χ0v) is 10.1. The first-order chi connectivity index (χ1) is 8.69. The molecular formula is C14H14N2O2. The van der Waals surface area contributed by atoms with Crippen LogP contribution in [0.2, 0.25) is 0 Å². The third kappa shape index (κ3) is 2.85. The van der Waals surface area contributed by atoms with Crippen LogP contribution in [0.15, 0.2) is 54.4 Å². The van der Waals surface area contributed by atoms with Crippen LogP contribution in [0.25, 0.3) is 6.08 Å². The van der Waals surface area contributed by atoms with Crippen LogP contribution in [0.1, 0.15) is 12.5 Å². The molecule has 0 amide bonds. The Morgan fingerprint density at radius 2 is 1.83 bits per heavy atom. The van der Waals surface area contributed by atoms with E-state index in [0.29, 0.717) is 0 Å². The molecular weight excluding hydrogens is 228 g/mol. The second kappa shape index (κ2) is 5.31. The molecule has 0 aromatic heterocycles. The third-order valence-electron chi connectivity index (χ3n) is 2.72. The van der Waals surface area contributed by atoms with Crippen molar-refractivity contribution < 1.29 is 4.92 Å². The number of nitrogens with zero attached hydrogens (tertiary/aromatic N) is 2. The van der Waals surface area contributed by atoms with Gasteiger partial charge in [0.1, 0.15) is 0 Å². The normalized spacial score (nSPS) is 13.8. The SMILES string of the molecule is CCN1C=CC(=Cc2ccc([N+](=O)[O-])cc2)C=C1. The van der Waals surface area contributed by atoms with E-state index in [1.54, 1.807) is 12.1 Å². The molecule has 0 unspecified atom stereocenters. The molecule has 0 bridgehead atoms. The van der Waals surface area contributed by atoms with Gasteiger partial charge in [-0.15, -0.1) is 0 Å². The van der Waals surface area contributed by atoms with E-state index in [0.717, 1.165) is 17.7 Å². The van der Waals surface area contributed by atoms with Gasteiger partial charge in [-0.25, -0.2) is 0 Å².